The maximum absolute atomic E-state index is 10.8. The van der Waals surface area contributed by atoms with E-state index in [0.29, 0.717) is 11.7 Å². The van der Waals surface area contributed by atoms with E-state index in [2.05, 4.69) is 19.9 Å². The minimum Gasteiger partial charge on any atom is -0.454 e. The lowest BCUT2D eigenvalue weighted by atomic mass is 9.83. The first-order valence-corrected chi connectivity index (χ1v) is 8.58. The van der Waals surface area contributed by atoms with E-state index in [0.717, 1.165) is 29.2 Å². The van der Waals surface area contributed by atoms with Crippen LogP contribution in [0, 0.1) is 11.8 Å². The van der Waals surface area contributed by atoms with Crippen molar-refractivity contribution in [1.82, 2.24) is 0 Å². The van der Waals surface area contributed by atoms with Gasteiger partial charge in [-0.3, -0.25) is 0 Å². The van der Waals surface area contributed by atoms with Crippen molar-refractivity contribution in [2.24, 2.45) is 11.8 Å². The average Bonchev–Trinajstić information content (AvgIpc) is 3.28. The Morgan fingerprint density at radius 2 is 1.44 bits per heavy atom. The van der Waals surface area contributed by atoms with Crippen molar-refractivity contribution < 1.29 is 24.1 Å². The van der Waals surface area contributed by atoms with Crippen LogP contribution in [0.1, 0.15) is 31.1 Å². The number of benzene rings is 2. The number of aliphatic hydroxyl groups excluding tert-OH is 1. The summed E-state index contributed by atoms with van der Waals surface area (Å²) in [7, 11) is 0. The number of fused-ring (bicyclic) bond motifs is 2. The highest BCUT2D eigenvalue weighted by molar-refractivity contribution is 5.46. The lowest BCUT2D eigenvalue weighted by molar-refractivity contribution is 0.0869. The first-order chi connectivity index (χ1) is 12.1. The van der Waals surface area contributed by atoms with Gasteiger partial charge >= 0.3 is 0 Å². The predicted octanol–water partition coefficient (Wildman–Crippen LogP) is 3.69. The first-order valence-electron chi connectivity index (χ1n) is 8.58. The number of ether oxygens (including phenoxy) is 4. The van der Waals surface area contributed by atoms with Crippen LogP contribution in [-0.4, -0.2) is 18.7 Å². The van der Waals surface area contributed by atoms with Crippen molar-refractivity contribution in [2.75, 3.05) is 13.6 Å². The summed E-state index contributed by atoms with van der Waals surface area (Å²) in [6, 6.07) is 11.7. The fourth-order valence-electron chi connectivity index (χ4n) is 3.34. The second-order valence-corrected chi connectivity index (χ2v) is 6.79. The van der Waals surface area contributed by atoms with Crippen molar-refractivity contribution >= 4 is 0 Å². The minimum absolute atomic E-state index is 0.0887. The number of hydrogen-bond donors (Lipinski definition) is 1. The standard InChI is InChI=1S/C20H22O5/c1-12(7-14-3-5-16-18(8-14)24-10-22-16)13(2)20(21)15-4-6-17-19(9-15)25-11-23-17/h3-6,8-9,12-13,20-21H,7,10-11H2,1-2H3/t12-,13+,20?/m1/s1. The largest absolute Gasteiger partial charge is 0.454 e. The number of aliphatic hydroxyl groups is 1. The molecule has 0 saturated heterocycles. The van der Waals surface area contributed by atoms with E-state index < -0.39 is 6.10 Å². The molecule has 0 bridgehead atoms. The summed E-state index contributed by atoms with van der Waals surface area (Å²) in [5, 5.41) is 10.8. The normalized spacial score (nSPS) is 18.0. The molecule has 4 rings (SSSR count). The smallest absolute Gasteiger partial charge is 0.231 e. The quantitative estimate of drug-likeness (QED) is 0.898. The van der Waals surface area contributed by atoms with Gasteiger partial charge in [0.1, 0.15) is 0 Å². The Kier molecular flexibility index (Phi) is 4.17. The monoisotopic (exact) mass is 342 g/mol. The van der Waals surface area contributed by atoms with Crippen molar-refractivity contribution in [1.29, 1.82) is 0 Å². The molecule has 0 aliphatic carbocycles. The zero-order valence-electron chi connectivity index (χ0n) is 14.4. The van der Waals surface area contributed by atoms with Crippen LogP contribution in [0.25, 0.3) is 0 Å². The van der Waals surface area contributed by atoms with Gasteiger partial charge in [-0.15, -0.1) is 0 Å². The lowest BCUT2D eigenvalue weighted by Gasteiger charge is -2.25. The van der Waals surface area contributed by atoms with Crippen LogP contribution in [-0.2, 0) is 6.42 Å². The molecule has 0 amide bonds. The maximum atomic E-state index is 10.8. The third-order valence-corrected chi connectivity index (χ3v) is 5.13. The molecule has 2 aromatic rings. The van der Waals surface area contributed by atoms with Gasteiger partial charge in [0.05, 0.1) is 6.10 Å². The molecule has 2 aliphatic rings. The number of hydrogen-bond acceptors (Lipinski definition) is 5. The van der Waals surface area contributed by atoms with Gasteiger partial charge in [0.15, 0.2) is 23.0 Å². The zero-order valence-corrected chi connectivity index (χ0v) is 14.4. The van der Waals surface area contributed by atoms with Crippen molar-refractivity contribution in [3.63, 3.8) is 0 Å². The Morgan fingerprint density at radius 3 is 2.16 bits per heavy atom. The fraction of sp³-hybridized carbons (Fsp3) is 0.400. The molecule has 5 heteroatoms. The molecule has 0 radical (unpaired) electrons. The van der Waals surface area contributed by atoms with Gasteiger partial charge in [0.2, 0.25) is 13.6 Å². The van der Waals surface area contributed by atoms with Gasteiger partial charge in [-0.2, -0.15) is 0 Å². The summed E-state index contributed by atoms with van der Waals surface area (Å²) < 4.78 is 21.5. The van der Waals surface area contributed by atoms with Crippen LogP contribution in [0.2, 0.25) is 0 Å². The maximum Gasteiger partial charge on any atom is 0.231 e. The summed E-state index contributed by atoms with van der Waals surface area (Å²) >= 11 is 0. The molecule has 2 heterocycles. The second-order valence-electron chi connectivity index (χ2n) is 6.79. The van der Waals surface area contributed by atoms with E-state index in [4.69, 9.17) is 18.9 Å². The van der Waals surface area contributed by atoms with E-state index in [9.17, 15) is 5.11 Å². The SMILES string of the molecule is C[C@H](Cc1ccc2c(c1)OCO2)[C@H](C)C(O)c1ccc2c(c1)OCO2. The Bertz CT molecular complexity index is 773. The molecular formula is C20H22O5. The van der Waals surface area contributed by atoms with E-state index >= 15 is 0 Å². The first kappa shape index (κ1) is 16.1. The molecule has 0 fully saturated rings. The van der Waals surface area contributed by atoms with Gasteiger partial charge in [-0.25, -0.2) is 0 Å². The van der Waals surface area contributed by atoms with Crippen LogP contribution in [0.15, 0.2) is 36.4 Å². The summed E-state index contributed by atoms with van der Waals surface area (Å²) in [4.78, 5) is 0. The summed E-state index contributed by atoms with van der Waals surface area (Å²) in [6.45, 7) is 4.76. The van der Waals surface area contributed by atoms with E-state index in [-0.39, 0.29) is 19.5 Å². The Labute approximate surface area is 147 Å². The summed E-state index contributed by atoms with van der Waals surface area (Å²) in [5.74, 6) is 3.41. The molecule has 0 saturated carbocycles. The molecule has 0 aromatic heterocycles. The van der Waals surface area contributed by atoms with Gasteiger partial charge in [-0.1, -0.05) is 26.0 Å². The Balaban J connectivity index is 1.45. The molecule has 2 aliphatic heterocycles. The molecule has 132 valence electrons. The minimum atomic E-state index is -0.557. The number of rotatable bonds is 5. The average molecular weight is 342 g/mol. The predicted molar refractivity (Wildman–Crippen MR) is 92.1 cm³/mol. The second kappa shape index (κ2) is 6.48. The third kappa shape index (κ3) is 3.12. The van der Waals surface area contributed by atoms with E-state index in [1.54, 1.807) is 0 Å². The van der Waals surface area contributed by atoms with Gasteiger partial charge in [0.25, 0.3) is 0 Å². The van der Waals surface area contributed by atoms with E-state index in [1.165, 1.54) is 5.56 Å². The van der Waals surface area contributed by atoms with Crippen LogP contribution in [0.3, 0.4) is 0 Å². The van der Waals surface area contributed by atoms with Gasteiger partial charge < -0.3 is 24.1 Å². The van der Waals surface area contributed by atoms with Crippen LogP contribution in [0.4, 0.5) is 0 Å². The Morgan fingerprint density at radius 1 is 0.840 bits per heavy atom. The zero-order chi connectivity index (χ0) is 17.4. The van der Waals surface area contributed by atoms with Gasteiger partial charge in [-0.05, 0) is 53.6 Å². The topological polar surface area (TPSA) is 57.2 Å². The highest BCUT2D eigenvalue weighted by Gasteiger charge is 2.25. The highest BCUT2D eigenvalue weighted by Crippen LogP contribution is 2.38. The van der Waals surface area contributed by atoms with Crippen molar-refractivity contribution in [3.05, 3.63) is 47.5 Å². The lowest BCUT2D eigenvalue weighted by Crippen LogP contribution is -2.19. The summed E-state index contributed by atoms with van der Waals surface area (Å²) in [5.41, 5.74) is 2.04. The molecule has 25 heavy (non-hydrogen) atoms. The summed E-state index contributed by atoms with van der Waals surface area (Å²) in [6.07, 6.45) is 0.304. The molecule has 2 aromatic carbocycles. The molecular weight excluding hydrogens is 320 g/mol. The fourth-order valence-corrected chi connectivity index (χ4v) is 3.34. The van der Waals surface area contributed by atoms with Crippen molar-refractivity contribution in [2.45, 2.75) is 26.4 Å². The highest BCUT2D eigenvalue weighted by atomic mass is 16.7. The molecule has 1 unspecified atom stereocenters. The van der Waals surface area contributed by atoms with E-state index in [1.807, 2.05) is 30.3 Å². The third-order valence-electron chi connectivity index (χ3n) is 5.13. The molecule has 0 spiro atoms. The molecule has 1 N–H and O–H groups in total. The van der Waals surface area contributed by atoms with Crippen LogP contribution < -0.4 is 18.9 Å². The van der Waals surface area contributed by atoms with Crippen LogP contribution >= 0.6 is 0 Å². The molecule has 5 nitrogen and oxygen atoms in total. The van der Waals surface area contributed by atoms with Gasteiger partial charge in [0, 0.05) is 0 Å². The van der Waals surface area contributed by atoms with Crippen LogP contribution in [0.5, 0.6) is 23.0 Å². The van der Waals surface area contributed by atoms with Crippen molar-refractivity contribution in [3.8, 4) is 23.0 Å². The Hall–Kier alpha value is -2.40. The molecule has 3 atom stereocenters.